The van der Waals surface area contributed by atoms with Crippen LogP contribution >= 0.6 is 22.9 Å². The quantitative estimate of drug-likeness (QED) is 0.594. The molecule has 0 aliphatic rings. The van der Waals surface area contributed by atoms with Gasteiger partial charge >= 0.3 is 5.97 Å². The first-order valence-electron chi connectivity index (χ1n) is 5.10. The molecule has 1 aromatic heterocycles. The van der Waals surface area contributed by atoms with Crippen molar-refractivity contribution in [3.63, 3.8) is 0 Å². The van der Waals surface area contributed by atoms with Gasteiger partial charge in [0.1, 0.15) is 5.82 Å². The molecule has 19 heavy (non-hydrogen) atoms. The second-order valence-electron chi connectivity index (χ2n) is 3.45. The summed E-state index contributed by atoms with van der Waals surface area (Å²) in [5.41, 5.74) is 8.52. The molecule has 0 fully saturated rings. The van der Waals surface area contributed by atoms with Gasteiger partial charge in [-0.2, -0.15) is 5.10 Å². The number of hydrazone groups is 1. The Morgan fingerprint density at radius 2 is 2.37 bits per heavy atom. The standard InChI is InChI=1S/C11H9ClN4O2S/c12-8-3-1-2-6(10(17)18)7(8)4-14-16-11-15-9(13)5-19-11/h1-5H,13H2,(H,15,16)(H,17,18). The monoisotopic (exact) mass is 296 g/mol. The number of benzene rings is 1. The average molecular weight is 297 g/mol. The minimum atomic E-state index is -1.07. The molecule has 0 saturated heterocycles. The fraction of sp³-hybridized carbons (Fsp3) is 0. The summed E-state index contributed by atoms with van der Waals surface area (Å²) in [6.45, 7) is 0. The molecule has 0 aliphatic carbocycles. The lowest BCUT2D eigenvalue weighted by Crippen LogP contribution is -2.03. The van der Waals surface area contributed by atoms with Gasteiger partial charge in [0.2, 0.25) is 5.13 Å². The van der Waals surface area contributed by atoms with Gasteiger partial charge in [-0.3, -0.25) is 5.43 Å². The van der Waals surface area contributed by atoms with E-state index < -0.39 is 5.97 Å². The van der Waals surface area contributed by atoms with Gasteiger partial charge in [-0.15, -0.1) is 11.3 Å². The Labute approximate surface area is 117 Å². The number of rotatable bonds is 4. The van der Waals surface area contributed by atoms with E-state index in [1.54, 1.807) is 17.5 Å². The number of carboxylic acid groups (broad SMARTS) is 1. The lowest BCUT2D eigenvalue weighted by atomic mass is 10.1. The normalized spacial score (nSPS) is 10.8. The van der Waals surface area contributed by atoms with Crippen LogP contribution in [0, 0.1) is 0 Å². The van der Waals surface area contributed by atoms with E-state index in [1.807, 2.05) is 0 Å². The summed E-state index contributed by atoms with van der Waals surface area (Å²) in [6, 6.07) is 4.62. The van der Waals surface area contributed by atoms with Crippen molar-refractivity contribution in [3.05, 3.63) is 39.7 Å². The van der Waals surface area contributed by atoms with Crippen molar-refractivity contribution in [2.75, 3.05) is 11.2 Å². The number of nitrogens with one attached hydrogen (secondary N) is 1. The predicted molar refractivity (Wildman–Crippen MR) is 76.2 cm³/mol. The molecular weight excluding hydrogens is 288 g/mol. The Morgan fingerprint density at radius 3 is 3.00 bits per heavy atom. The average Bonchev–Trinajstić information content (AvgIpc) is 2.77. The van der Waals surface area contributed by atoms with Gasteiger partial charge in [-0.05, 0) is 12.1 Å². The molecular formula is C11H9ClN4O2S. The van der Waals surface area contributed by atoms with Gasteiger partial charge < -0.3 is 10.8 Å². The number of carbonyl (C=O) groups is 1. The van der Waals surface area contributed by atoms with Crippen LogP contribution in [0.5, 0.6) is 0 Å². The second kappa shape index (κ2) is 5.68. The fourth-order valence-electron chi connectivity index (χ4n) is 1.34. The molecule has 0 saturated carbocycles. The number of nitrogen functional groups attached to an aromatic ring is 1. The molecule has 2 aromatic rings. The van der Waals surface area contributed by atoms with E-state index >= 15 is 0 Å². The largest absolute Gasteiger partial charge is 0.478 e. The van der Waals surface area contributed by atoms with E-state index in [9.17, 15) is 4.79 Å². The van der Waals surface area contributed by atoms with E-state index in [0.29, 0.717) is 21.5 Å². The van der Waals surface area contributed by atoms with E-state index in [4.69, 9.17) is 22.4 Å². The van der Waals surface area contributed by atoms with Crippen molar-refractivity contribution >= 4 is 46.1 Å². The van der Waals surface area contributed by atoms with Crippen molar-refractivity contribution in [1.82, 2.24) is 4.98 Å². The van der Waals surface area contributed by atoms with Crippen LogP contribution in [0.15, 0.2) is 28.7 Å². The highest BCUT2D eigenvalue weighted by Gasteiger charge is 2.11. The van der Waals surface area contributed by atoms with Crippen molar-refractivity contribution in [3.8, 4) is 0 Å². The number of nitrogens with zero attached hydrogens (tertiary/aromatic N) is 2. The Balaban J connectivity index is 2.21. The molecule has 8 heteroatoms. The number of anilines is 2. The Morgan fingerprint density at radius 1 is 1.58 bits per heavy atom. The number of thiazole rings is 1. The predicted octanol–water partition coefficient (Wildman–Crippen LogP) is 2.52. The summed E-state index contributed by atoms with van der Waals surface area (Å²) in [7, 11) is 0. The van der Waals surface area contributed by atoms with Crippen molar-refractivity contribution < 1.29 is 9.90 Å². The Bertz CT molecular complexity index is 641. The van der Waals surface area contributed by atoms with Crippen LogP contribution in [-0.2, 0) is 0 Å². The first kappa shape index (κ1) is 13.3. The van der Waals surface area contributed by atoms with E-state index in [0.717, 1.165) is 0 Å². The molecule has 0 aliphatic heterocycles. The third kappa shape index (κ3) is 3.21. The van der Waals surface area contributed by atoms with E-state index in [1.165, 1.54) is 23.6 Å². The summed E-state index contributed by atoms with van der Waals surface area (Å²) in [4.78, 5) is 15.0. The van der Waals surface area contributed by atoms with Crippen LogP contribution in [0.2, 0.25) is 5.02 Å². The maximum Gasteiger partial charge on any atom is 0.336 e. The molecule has 2 rings (SSSR count). The van der Waals surface area contributed by atoms with Crippen LogP contribution in [0.3, 0.4) is 0 Å². The van der Waals surface area contributed by atoms with E-state index in [2.05, 4.69) is 15.5 Å². The molecule has 0 atom stereocenters. The zero-order valence-corrected chi connectivity index (χ0v) is 11.1. The maximum absolute atomic E-state index is 11.0. The number of nitrogens with two attached hydrogens (primary N) is 1. The number of hydrogen-bond donors (Lipinski definition) is 3. The Hall–Kier alpha value is -2.12. The molecule has 0 radical (unpaired) electrons. The fourth-order valence-corrected chi connectivity index (χ4v) is 2.12. The third-order valence-electron chi connectivity index (χ3n) is 2.16. The van der Waals surface area contributed by atoms with Crippen LogP contribution in [-0.4, -0.2) is 22.3 Å². The zero-order valence-electron chi connectivity index (χ0n) is 9.50. The number of halogens is 1. The number of aromatic carboxylic acids is 1. The number of hydrogen-bond acceptors (Lipinski definition) is 6. The second-order valence-corrected chi connectivity index (χ2v) is 4.72. The highest BCUT2D eigenvalue weighted by atomic mass is 35.5. The third-order valence-corrected chi connectivity index (χ3v) is 3.25. The SMILES string of the molecule is Nc1csc(NN=Cc2c(Cl)cccc2C(=O)O)n1. The van der Waals surface area contributed by atoms with Crippen molar-refractivity contribution in [2.24, 2.45) is 5.10 Å². The molecule has 4 N–H and O–H groups in total. The first-order valence-corrected chi connectivity index (χ1v) is 6.35. The highest BCUT2D eigenvalue weighted by Crippen LogP contribution is 2.19. The van der Waals surface area contributed by atoms with Gasteiger partial charge in [0.15, 0.2) is 0 Å². The highest BCUT2D eigenvalue weighted by molar-refractivity contribution is 7.14. The van der Waals surface area contributed by atoms with Crippen LogP contribution in [0.4, 0.5) is 10.9 Å². The summed E-state index contributed by atoms with van der Waals surface area (Å²) in [6.07, 6.45) is 1.34. The molecule has 1 heterocycles. The first-order chi connectivity index (χ1) is 9.08. The van der Waals surface area contributed by atoms with Crippen molar-refractivity contribution in [1.29, 1.82) is 0 Å². The summed E-state index contributed by atoms with van der Waals surface area (Å²) >= 11 is 7.23. The van der Waals surface area contributed by atoms with E-state index in [-0.39, 0.29) is 5.56 Å². The van der Waals surface area contributed by atoms with Crippen molar-refractivity contribution in [2.45, 2.75) is 0 Å². The van der Waals surface area contributed by atoms with Gasteiger partial charge in [-0.1, -0.05) is 17.7 Å². The topological polar surface area (TPSA) is 101 Å². The number of aromatic nitrogens is 1. The summed E-state index contributed by atoms with van der Waals surface area (Å²) < 4.78 is 0. The molecule has 0 bridgehead atoms. The molecule has 1 aromatic carbocycles. The van der Waals surface area contributed by atoms with Crippen LogP contribution in [0.25, 0.3) is 0 Å². The summed E-state index contributed by atoms with van der Waals surface area (Å²) in [5.74, 6) is -0.672. The van der Waals surface area contributed by atoms with Gasteiger partial charge in [-0.25, -0.2) is 9.78 Å². The lowest BCUT2D eigenvalue weighted by molar-refractivity contribution is 0.0697. The molecule has 0 spiro atoms. The van der Waals surface area contributed by atoms with Gasteiger partial charge in [0.25, 0.3) is 0 Å². The minimum Gasteiger partial charge on any atom is -0.478 e. The smallest absolute Gasteiger partial charge is 0.336 e. The molecule has 0 unspecified atom stereocenters. The minimum absolute atomic E-state index is 0.0803. The zero-order chi connectivity index (χ0) is 13.8. The summed E-state index contributed by atoms with van der Waals surface area (Å²) in [5, 5.41) is 15.4. The molecule has 6 nitrogen and oxygen atoms in total. The molecule has 0 amide bonds. The number of carboxylic acids is 1. The molecule has 98 valence electrons. The Kier molecular flexibility index (Phi) is 3.98. The lowest BCUT2D eigenvalue weighted by Gasteiger charge is -2.02. The van der Waals surface area contributed by atoms with Gasteiger partial charge in [0, 0.05) is 10.9 Å². The van der Waals surface area contributed by atoms with Crippen LogP contribution in [0.1, 0.15) is 15.9 Å². The van der Waals surface area contributed by atoms with Gasteiger partial charge in [0.05, 0.1) is 16.8 Å². The maximum atomic E-state index is 11.0. The van der Waals surface area contributed by atoms with Crippen LogP contribution < -0.4 is 11.2 Å².